The maximum atomic E-state index is 9.56. The molecule has 0 aromatic carbocycles. The van der Waals surface area contributed by atoms with E-state index in [0.717, 1.165) is 25.0 Å². The molecule has 0 saturated carbocycles. The third-order valence-corrected chi connectivity index (χ3v) is 1.90. The van der Waals surface area contributed by atoms with Crippen LogP contribution < -0.4 is 0 Å². The Morgan fingerprint density at radius 3 is 1.56 bits per heavy atom. The van der Waals surface area contributed by atoms with Crippen LogP contribution in [0.3, 0.4) is 0 Å². The molecule has 0 rings (SSSR count). The maximum Gasteiger partial charge on any atom is 0.155 e. The molecule has 0 radical (unpaired) electrons. The van der Waals surface area contributed by atoms with Crippen LogP contribution in [0.2, 0.25) is 0 Å². The van der Waals surface area contributed by atoms with Crippen molar-refractivity contribution in [3.8, 4) is 0 Å². The van der Waals surface area contributed by atoms with Gasteiger partial charge < -0.3 is 9.84 Å². The fourth-order valence-corrected chi connectivity index (χ4v) is 0.740. The number of aliphatic hydroxyl groups is 1. The normalized spacial score (nSPS) is 10.2. The fraction of sp³-hybridized carbons (Fsp3) is 0.923. The van der Waals surface area contributed by atoms with Crippen molar-refractivity contribution in [3.63, 3.8) is 0 Å². The molecule has 16 heavy (non-hydrogen) atoms. The van der Waals surface area contributed by atoms with Crippen LogP contribution in [-0.4, -0.2) is 30.7 Å². The summed E-state index contributed by atoms with van der Waals surface area (Å²) in [4.78, 5) is 9.56. The monoisotopic (exact) mass is 232 g/mol. The lowest BCUT2D eigenvalue weighted by Crippen LogP contribution is -2.02. The van der Waals surface area contributed by atoms with Gasteiger partial charge in [0.1, 0.15) is 6.61 Å². The van der Waals surface area contributed by atoms with Crippen molar-refractivity contribution in [2.24, 2.45) is 11.8 Å². The highest BCUT2D eigenvalue weighted by atomic mass is 16.5. The third kappa shape index (κ3) is 23.4. The van der Waals surface area contributed by atoms with Crippen molar-refractivity contribution in [3.05, 3.63) is 0 Å². The zero-order valence-corrected chi connectivity index (χ0v) is 11.5. The van der Waals surface area contributed by atoms with Gasteiger partial charge in [0.15, 0.2) is 5.78 Å². The van der Waals surface area contributed by atoms with E-state index >= 15 is 0 Å². The molecular formula is C13H28O3. The van der Waals surface area contributed by atoms with Crippen LogP contribution in [0.1, 0.15) is 47.5 Å². The quantitative estimate of drug-likeness (QED) is 0.686. The highest BCUT2D eigenvalue weighted by molar-refractivity contribution is 5.76. The standard InChI is InChI=1S/C10H22O.C3H6O2/c1-9(2)5-7-11-8-6-10(3)4;1-3(5)2-4/h9-10H,5-8H2,1-4H3;4H,2H2,1H3. The maximum absolute atomic E-state index is 9.56. The average Bonchev–Trinajstić information content (AvgIpc) is 2.17. The summed E-state index contributed by atoms with van der Waals surface area (Å²) in [5.74, 6) is 1.35. The summed E-state index contributed by atoms with van der Waals surface area (Å²) in [5, 5.41) is 7.79. The summed E-state index contributed by atoms with van der Waals surface area (Å²) in [5.41, 5.74) is 0. The second kappa shape index (κ2) is 12.7. The van der Waals surface area contributed by atoms with E-state index in [2.05, 4.69) is 27.7 Å². The number of carbonyl (C=O) groups excluding carboxylic acids is 1. The molecule has 0 aromatic rings. The van der Waals surface area contributed by atoms with Gasteiger partial charge in [-0.3, -0.25) is 4.79 Å². The molecule has 98 valence electrons. The van der Waals surface area contributed by atoms with Gasteiger partial charge in [-0.2, -0.15) is 0 Å². The Morgan fingerprint density at radius 2 is 1.38 bits per heavy atom. The summed E-state index contributed by atoms with van der Waals surface area (Å²) in [6.07, 6.45) is 2.39. The Kier molecular flexibility index (Phi) is 14.2. The van der Waals surface area contributed by atoms with E-state index in [4.69, 9.17) is 9.84 Å². The van der Waals surface area contributed by atoms with Crippen LogP contribution in [-0.2, 0) is 9.53 Å². The van der Waals surface area contributed by atoms with Crippen LogP contribution in [0, 0.1) is 11.8 Å². The number of ketones is 1. The Balaban J connectivity index is 0. The van der Waals surface area contributed by atoms with E-state index in [1.165, 1.54) is 19.8 Å². The minimum absolute atomic E-state index is 0.190. The predicted octanol–water partition coefficient (Wildman–Crippen LogP) is 2.66. The van der Waals surface area contributed by atoms with Gasteiger partial charge in [-0.25, -0.2) is 0 Å². The minimum atomic E-state index is -0.333. The number of hydrogen-bond acceptors (Lipinski definition) is 3. The van der Waals surface area contributed by atoms with Gasteiger partial charge in [-0.15, -0.1) is 0 Å². The fourth-order valence-electron chi connectivity index (χ4n) is 0.740. The molecule has 0 fully saturated rings. The van der Waals surface area contributed by atoms with Crippen LogP contribution in [0.25, 0.3) is 0 Å². The molecule has 0 aliphatic carbocycles. The smallest absolute Gasteiger partial charge is 0.155 e. The summed E-state index contributed by atoms with van der Waals surface area (Å²) in [7, 11) is 0. The predicted molar refractivity (Wildman–Crippen MR) is 67.5 cm³/mol. The number of Topliss-reactive ketones (excluding diaryl/α,β-unsaturated/α-hetero) is 1. The second-order valence-electron chi connectivity index (χ2n) is 4.84. The van der Waals surface area contributed by atoms with Gasteiger partial charge >= 0.3 is 0 Å². The molecule has 0 saturated heterocycles. The number of carbonyl (C=O) groups is 1. The Hall–Kier alpha value is -0.410. The zero-order chi connectivity index (χ0) is 13.0. The molecule has 3 nitrogen and oxygen atoms in total. The first-order chi connectivity index (χ1) is 7.40. The van der Waals surface area contributed by atoms with Crippen LogP contribution in [0.4, 0.5) is 0 Å². The second-order valence-corrected chi connectivity index (χ2v) is 4.84. The van der Waals surface area contributed by atoms with E-state index in [9.17, 15) is 4.79 Å². The van der Waals surface area contributed by atoms with Crippen molar-refractivity contribution in [2.75, 3.05) is 19.8 Å². The molecule has 0 heterocycles. The summed E-state index contributed by atoms with van der Waals surface area (Å²) >= 11 is 0. The van der Waals surface area contributed by atoms with Gasteiger partial charge in [0.25, 0.3) is 0 Å². The minimum Gasteiger partial charge on any atom is -0.389 e. The van der Waals surface area contributed by atoms with Crippen LogP contribution >= 0.6 is 0 Å². The number of ether oxygens (including phenoxy) is 1. The first-order valence-corrected chi connectivity index (χ1v) is 6.08. The Labute approximate surface area is 100 Å². The summed E-state index contributed by atoms with van der Waals surface area (Å²) < 4.78 is 5.46. The average molecular weight is 232 g/mol. The number of rotatable bonds is 7. The highest BCUT2D eigenvalue weighted by Crippen LogP contribution is 2.02. The lowest BCUT2D eigenvalue weighted by atomic mass is 10.1. The molecule has 0 unspecified atom stereocenters. The summed E-state index contributed by atoms with van der Waals surface area (Å²) in [6, 6.07) is 0. The molecule has 1 N–H and O–H groups in total. The van der Waals surface area contributed by atoms with Gasteiger partial charge in [0.05, 0.1) is 0 Å². The first kappa shape index (κ1) is 18.0. The Morgan fingerprint density at radius 1 is 1.06 bits per heavy atom. The van der Waals surface area contributed by atoms with Gasteiger partial charge in [0, 0.05) is 13.2 Å². The van der Waals surface area contributed by atoms with Crippen LogP contribution in [0.5, 0.6) is 0 Å². The SMILES string of the molecule is CC(=O)CO.CC(C)CCOCCC(C)C. The first-order valence-electron chi connectivity index (χ1n) is 6.08. The third-order valence-electron chi connectivity index (χ3n) is 1.90. The number of hydrogen-bond donors (Lipinski definition) is 1. The van der Waals surface area contributed by atoms with Crippen molar-refractivity contribution in [1.82, 2.24) is 0 Å². The molecular weight excluding hydrogens is 204 g/mol. The van der Waals surface area contributed by atoms with Gasteiger partial charge in [-0.05, 0) is 31.6 Å². The summed E-state index contributed by atoms with van der Waals surface area (Å²) in [6.45, 7) is 11.8. The molecule has 0 amide bonds. The van der Waals surface area contributed by atoms with E-state index in [-0.39, 0.29) is 12.4 Å². The lowest BCUT2D eigenvalue weighted by Gasteiger charge is -2.07. The molecule has 0 aromatic heterocycles. The van der Waals surface area contributed by atoms with Crippen molar-refractivity contribution in [1.29, 1.82) is 0 Å². The van der Waals surface area contributed by atoms with Gasteiger partial charge in [0.2, 0.25) is 0 Å². The molecule has 0 aliphatic heterocycles. The molecule has 0 bridgehead atoms. The van der Waals surface area contributed by atoms with Crippen molar-refractivity contribution < 1.29 is 14.6 Å². The zero-order valence-electron chi connectivity index (χ0n) is 11.5. The Bertz CT molecular complexity index is 143. The van der Waals surface area contributed by atoms with Crippen molar-refractivity contribution >= 4 is 5.78 Å². The number of aliphatic hydroxyl groups excluding tert-OH is 1. The van der Waals surface area contributed by atoms with Gasteiger partial charge in [-0.1, -0.05) is 27.7 Å². The largest absolute Gasteiger partial charge is 0.389 e. The molecule has 3 heteroatoms. The molecule has 0 aliphatic rings. The van der Waals surface area contributed by atoms with Crippen LogP contribution in [0.15, 0.2) is 0 Å². The van der Waals surface area contributed by atoms with E-state index in [1.807, 2.05) is 0 Å². The lowest BCUT2D eigenvalue weighted by molar-refractivity contribution is -0.119. The molecule has 0 atom stereocenters. The van der Waals surface area contributed by atoms with E-state index in [1.54, 1.807) is 0 Å². The van der Waals surface area contributed by atoms with E-state index < -0.39 is 0 Å². The van der Waals surface area contributed by atoms with Crippen molar-refractivity contribution in [2.45, 2.75) is 47.5 Å². The topological polar surface area (TPSA) is 46.5 Å². The van der Waals surface area contributed by atoms with E-state index in [0.29, 0.717) is 0 Å². The highest BCUT2D eigenvalue weighted by Gasteiger charge is 1.95. The molecule has 0 spiro atoms.